The summed E-state index contributed by atoms with van der Waals surface area (Å²) < 4.78 is 43.5. The van der Waals surface area contributed by atoms with Crippen molar-refractivity contribution >= 4 is 21.1 Å². The van der Waals surface area contributed by atoms with Crippen LogP contribution < -0.4 is 4.72 Å². The van der Waals surface area contributed by atoms with Crippen LogP contribution in [0.25, 0.3) is 11.1 Å². The third-order valence-electron chi connectivity index (χ3n) is 4.22. The lowest BCUT2D eigenvalue weighted by Gasteiger charge is -2.12. The number of fused-ring (bicyclic) bond motifs is 1. The zero-order chi connectivity index (χ0) is 18.3. The summed E-state index contributed by atoms with van der Waals surface area (Å²) in [6.45, 7) is 3.60. The van der Waals surface area contributed by atoms with Crippen molar-refractivity contribution in [2.45, 2.75) is 43.8 Å². The van der Waals surface area contributed by atoms with Gasteiger partial charge in [0.15, 0.2) is 5.82 Å². The molecule has 1 fully saturated rings. The van der Waals surface area contributed by atoms with Crippen molar-refractivity contribution in [2.24, 2.45) is 0 Å². The fourth-order valence-electron chi connectivity index (χ4n) is 2.84. The molecular formula is C15H17N5O5S. The number of nitrogens with zero attached hydrogens (tertiary/aromatic N) is 4. The predicted octanol–water partition coefficient (Wildman–Crippen LogP) is 1.42. The van der Waals surface area contributed by atoms with Crippen LogP contribution in [-0.4, -0.2) is 41.3 Å². The third kappa shape index (κ3) is 3.20. The number of ether oxygens (including phenoxy) is 1. The maximum atomic E-state index is 12.5. The van der Waals surface area contributed by atoms with Crippen molar-refractivity contribution in [3.63, 3.8) is 0 Å². The average Bonchev–Trinajstić information content (AvgIpc) is 3.33. The van der Waals surface area contributed by atoms with Crippen molar-refractivity contribution in [1.29, 1.82) is 0 Å². The van der Waals surface area contributed by atoms with Gasteiger partial charge in [-0.05, 0) is 32.8 Å². The summed E-state index contributed by atoms with van der Waals surface area (Å²) >= 11 is 0. The molecule has 4 heterocycles. The molecule has 0 bridgehead atoms. The lowest BCUT2D eigenvalue weighted by molar-refractivity contribution is 0.0290. The molecule has 0 aromatic carbocycles. The van der Waals surface area contributed by atoms with Crippen LogP contribution >= 0.6 is 0 Å². The highest BCUT2D eigenvalue weighted by atomic mass is 32.2. The maximum absolute atomic E-state index is 12.5. The Labute approximate surface area is 149 Å². The quantitative estimate of drug-likeness (QED) is 0.698. The molecule has 138 valence electrons. The average molecular weight is 379 g/mol. The van der Waals surface area contributed by atoms with Crippen molar-refractivity contribution in [1.82, 2.24) is 25.0 Å². The van der Waals surface area contributed by atoms with Gasteiger partial charge in [-0.3, -0.25) is 0 Å². The number of rotatable bonds is 5. The van der Waals surface area contributed by atoms with E-state index in [1.165, 1.54) is 12.3 Å². The molecule has 0 spiro atoms. The number of hydrogen-bond acceptors (Lipinski definition) is 9. The fourth-order valence-corrected chi connectivity index (χ4v) is 3.88. The van der Waals surface area contributed by atoms with Crippen LogP contribution in [0.1, 0.15) is 36.4 Å². The van der Waals surface area contributed by atoms with Crippen LogP contribution in [-0.2, 0) is 14.8 Å². The Balaban J connectivity index is 1.42. The second-order valence-corrected chi connectivity index (χ2v) is 7.91. The molecule has 0 radical (unpaired) electrons. The van der Waals surface area contributed by atoms with Crippen molar-refractivity contribution < 1.29 is 22.2 Å². The summed E-state index contributed by atoms with van der Waals surface area (Å²) in [4.78, 5) is 8.20. The van der Waals surface area contributed by atoms with Crippen LogP contribution in [0.2, 0.25) is 0 Å². The second-order valence-electron chi connectivity index (χ2n) is 6.15. The van der Waals surface area contributed by atoms with E-state index in [2.05, 4.69) is 25.0 Å². The molecule has 2 atom stereocenters. The smallest absolute Gasteiger partial charge is 0.257 e. The fraction of sp³-hybridized carbons (Fsp3) is 0.467. The molecule has 0 aliphatic carbocycles. The van der Waals surface area contributed by atoms with E-state index in [1.807, 2.05) is 0 Å². The van der Waals surface area contributed by atoms with E-state index in [4.69, 9.17) is 13.8 Å². The Kier molecular flexibility index (Phi) is 4.21. The first-order valence-electron chi connectivity index (χ1n) is 8.10. The molecule has 11 heteroatoms. The van der Waals surface area contributed by atoms with E-state index in [9.17, 15) is 8.42 Å². The molecule has 1 aliphatic rings. The minimum Gasteiger partial charge on any atom is -0.364 e. The van der Waals surface area contributed by atoms with Crippen LogP contribution in [0.5, 0.6) is 0 Å². The van der Waals surface area contributed by atoms with E-state index < -0.39 is 10.0 Å². The van der Waals surface area contributed by atoms with Gasteiger partial charge in [-0.2, -0.15) is 4.98 Å². The molecule has 1 aliphatic heterocycles. The standard InChI is InChI=1S/C15H17N5O5S/c1-8-12-5-11(7-16-14(12)24-19-8)26(21,22)17-6-10-3-4-13(23-10)15-18-9(2)20-25-15/h5,7,10,13,17H,3-4,6H2,1-2H3/t10-,13+/m1/s1. The molecule has 1 saturated heterocycles. The summed E-state index contributed by atoms with van der Waals surface area (Å²) in [6.07, 6.45) is 2.06. The van der Waals surface area contributed by atoms with Gasteiger partial charge in [0.1, 0.15) is 11.0 Å². The molecule has 10 nitrogen and oxygen atoms in total. The summed E-state index contributed by atoms with van der Waals surface area (Å²) in [5.74, 6) is 0.963. The van der Waals surface area contributed by atoms with Gasteiger partial charge in [-0.25, -0.2) is 18.1 Å². The third-order valence-corrected chi connectivity index (χ3v) is 5.61. The first-order valence-corrected chi connectivity index (χ1v) is 9.58. The molecule has 1 N–H and O–H groups in total. The predicted molar refractivity (Wildman–Crippen MR) is 87.6 cm³/mol. The minimum absolute atomic E-state index is 0.0540. The molecule has 3 aromatic rings. The van der Waals surface area contributed by atoms with Gasteiger partial charge in [0.05, 0.1) is 23.4 Å². The van der Waals surface area contributed by atoms with Crippen molar-refractivity contribution in [3.05, 3.63) is 29.7 Å². The number of aryl methyl sites for hydroxylation is 2. The zero-order valence-corrected chi connectivity index (χ0v) is 15.0. The van der Waals surface area contributed by atoms with E-state index in [0.717, 1.165) is 0 Å². The second kappa shape index (κ2) is 6.41. The summed E-state index contributed by atoms with van der Waals surface area (Å²) in [5, 5.41) is 8.08. The first kappa shape index (κ1) is 17.1. The Bertz CT molecular complexity index is 1040. The van der Waals surface area contributed by atoms with Crippen molar-refractivity contribution in [3.8, 4) is 0 Å². The molecular weight excluding hydrogens is 362 g/mol. The van der Waals surface area contributed by atoms with Gasteiger partial charge < -0.3 is 13.8 Å². The monoisotopic (exact) mass is 379 g/mol. The number of pyridine rings is 1. The number of hydrogen-bond donors (Lipinski definition) is 1. The SMILES string of the molecule is Cc1noc([C@@H]2CC[C@H](CNS(=O)(=O)c3cnc4onc(C)c4c3)O2)n1. The minimum atomic E-state index is -3.73. The van der Waals surface area contributed by atoms with Gasteiger partial charge in [-0.15, -0.1) is 0 Å². The Morgan fingerprint density at radius 3 is 2.85 bits per heavy atom. The van der Waals surface area contributed by atoms with Crippen LogP contribution in [0, 0.1) is 13.8 Å². The number of sulfonamides is 1. The van der Waals surface area contributed by atoms with Gasteiger partial charge in [-0.1, -0.05) is 10.3 Å². The lowest BCUT2D eigenvalue weighted by atomic mass is 10.2. The van der Waals surface area contributed by atoms with Gasteiger partial charge in [0, 0.05) is 6.54 Å². The van der Waals surface area contributed by atoms with E-state index >= 15 is 0 Å². The highest BCUT2D eigenvalue weighted by Gasteiger charge is 2.31. The van der Waals surface area contributed by atoms with Gasteiger partial charge in [0.2, 0.25) is 10.0 Å². The Hall–Kier alpha value is -2.37. The van der Waals surface area contributed by atoms with Crippen LogP contribution in [0.3, 0.4) is 0 Å². The Morgan fingerprint density at radius 2 is 2.08 bits per heavy atom. The van der Waals surface area contributed by atoms with Gasteiger partial charge in [0.25, 0.3) is 11.6 Å². The molecule has 0 unspecified atom stereocenters. The molecule has 0 saturated carbocycles. The first-order chi connectivity index (χ1) is 12.4. The normalized spacial score (nSPS) is 20.8. The topological polar surface area (TPSA) is 133 Å². The van der Waals surface area contributed by atoms with Crippen LogP contribution in [0.4, 0.5) is 0 Å². The molecule has 4 rings (SSSR count). The van der Waals surface area contributed by atoms with E-state index in [1.54, 1.807) is 13.8 Å². The van der Waals surface area contributed by atoms with E-state index in [-0.39, 0.29) is 23.6 Å². The summed E-state index contributed by atoms with van der Waals surface area (Å²) in [7, 11) is -3.73. The van der Waals surface area contributed by atoms with Gasteiger partial charge >= 0.3 is 0 Å². The molecule has 26 heavy (non-hydrogen) atoms. The number of nitrogens with one attached hydrogen (secondary N) is 1. The lowest BCUT2D eigenvalue weighted by Crippen LogP contribution is -2.32. The number of aromatic nitrogens is 4. The highest BCUT2D eigenvalue weighted by Crippen LogP contribution is 2.31. The van der Waals surface area contributed by atoms with Crippen LogP contribution in [0.15, 0.2) is 26.2 Å². The summed E-state index contributed by atoms with van der Waals surface area (Å²) in [6, 6.07) is 1.50. The molecule has 0 amide bonds. The Morgan fingerprint density at radius 1 is 1.23 bits per heavy atom. The maximum Gasteiger partial charge on any atom is 0.257 e. The highest BCUT2D eigenvalue weighted by molar-refractivity contribution is 7.89. The van der Waals surface area contributed by atoms with Crippen molar-refractivity contribution in [2.75, 3.05) is 6.54 Å². The van der Waals surface area contributed by atoms with E-state index in [0.29, 0.717) is 41.4 Å². The summed E-state index contributed by atoms with van der Waals surface area (Å²) in [5.41, 5.74) is 0.889. The largest absolute Gasteiger partial charge is 0.364 e. The zero-order valence-electron chi connectivity index (χ0n) is 14.2. The molecule has 3 aromatic heterocycles.